The maximum Gasteiger partial charge on any atom is 0.0201 e. The summed E-state index contributed by atoms with van der Waals surface area (Å²) in [6.45, 7) is 27.0. The first-order chi connectivity index (χ1) is 22.7. The highest BCUT2D eigenvalue weighted by molar-refractivity contribution is 5.68. The molecule has 2 atom stereocenters. The standard InChI is InChI=1S/C47H56/c1-10-14-32(7)45-33(8)26-44-30-43(34(9)46(44)47(45)42-25-24-37(12-3)38(13-4)29-42)28-36-19-23-40(41(27-36)15-11-2)22-18-35-16-20-39(21-17-35)31(5)6/h16-17,19-21,23-29,46-47H,5,7,9-15,18,22,30H2,1-4,6,8H3. The van der Waals surface area contributed by atoms with E-state index in [0.29, 0.717) is 0 Å². The summed E-state index contributed by atoms with van der Waals surface area (Å²) >= 11 is 0. The van der Waals surface area contributed by atoms with Crippen LogP contribution in [0.5, 0.6) is 0 Å². The zero-order chi connectivity index (χ0) is 33.7. The van der Waals surface area contributed by atoms with E-state index in [0.717, 1.165) is 63.4 Å². The van der Waals surface area contributed by atoms with Crippen LogP contribution >= 0.6 is 0 Å². The van der Waals surface area contributed by atoms with Gasteiger partial charge in [0.05, 0.1) is 0 Å². The fraction of sp³-hybridized carbons (Fsp3) is 0.362. The molecule has 0 spiro atoms. The van der Waals surface area contributed by atoms with Crippen LogP contribution in [0.1, 0.15) is 118 Å². The Hall–Kier alpha value is -3.90. The van der Waals surface area contributed by atoms with Crippen LogP contribution in [0.15, 0.2) is 120 Å². The van der Waals surface area contributed by atoms with E-state index in [2.05, 4.69) is 128 Å². The van der Waals surface area contributed by atoms with Crippen molar-refractivity contribution in [3.05, 3.63) is 164 Å². The van der Waals surface area contributed by atoms with Crippen molar-refractivity contribution in [1.82, 2.24) is 0 Å². The van der Waals surface area contributed by atoms with Gasteiger partial charge in [-0.3, -0.25) is 0 Å². The van der Waals surface area contributed by atoms with Crippen molar-refractivity contribution in [2.24, 2.45) is 5.92 Å². The molecule has 3 aromatic carbocycles. The Bertz CT molecular complexity index is 1750. The van der Waals surface area contributed by atoms with Crippen LogP contribution in [0.4, 0.5) is 0 Å². The number of hydrogen-bond acceptors (Lipinski definition) is 0. The van der Waals surface area contributed by atoms with Crippen LogP contribution in [0.2, 0.25) is 0 Å². The highest BCUT2D eigenvalue weighted by atomic mass is 14.4. The van der Waals surface area contributed by atoms with Gasteiger partial charge in [0, 0.05) is 11.8 Å². The van der Waals surface area contributed by atoms with Gasteiger partial charge in [-0.05, 0) is 126 Å². The summed E-state index contributed by atoms with van der Waals surface area (Å²) < 4.78 is 0. The molecule has 5 rings (SSSR count). The molecule has 244 valence electrons. The largest absolute Gasteiger partial charge is 0.0955 e. The quantitative estimate of drug-likeness (QED) is 0.178. The van der Waals surface area contributed by atoms with E-state index in [4.69, 9.17) is 6.58 Å². The maximum atomic E-state index is 4.82. The van der Waals surface area contributed by atoms with Crippen molar-refractivity contribution >= 4 is 11.6 Å². The molecule has 2 unspecified atom stereocenters. The molecule has 47 heavy (non-hydrogen) atoms. The van der Waals surface area contributed by atoms with Gasteiger partial charge in [-0.2, -0.15) is 0 Å². The number of fused-ring (bicyclic) bond motifs is 1. The van der Waals surface area contributed by atoms with Gasteiger partial charge in [0.25, 0.3) is 0 Å². The van der Waals surface area contributed by atoms with E-state index in [1.165, 1.54) is 77.9 Å². The van der Waals surface area contributed by atoms with E-state index in [1.807, 2.05) is 0 Å². The lowest BCUT2D eigenvalue weighted by Crippen LogP contribution is -2.21. The molecule has 1 saturated carbocycles. The third-order valence-electron chi connectivity index (χ3n) is 10.6. The number of allylic oxidation sites excluding steroid dienone is 8. The summed E-state index contributed by atoms with van der Waals surface area (Å²) in [5.41, 5.74) is 20.7. The number of benzene rings is 3. The van der Waals surface area contributed by atoms with Crippen LogP contribution in [0, 0.1) is 5.92 Å². The average Bonchev–Trinajstić information content (AvgIpc) is 3.37. The Balaban J connectivity index is 1.45. The Morgan fingerprint density at radius 3 is 2.15 bits per heavy atom. The van der Waals surface area contributed by atoms with Gasteiger partial charge in [-0.15, -0.1) is 0 Å². The number of aryl methyl sites for hydroxylation is 5. The molecule has 1 fully saturated rings. The predicted octanol–water partition coefficient (Wildman–Crippen LogP) is 12.9. The van der Waals surface area contributed by atoms with E-state index in [-0.39, 0.29) is 11.8 Å². The molecular weight excluding hydrogens is 565 g/mol. The zero-order valence-electron chi connectivity index (χ0n) is 30.1. The van der Waals surface area contributed by atoms with E-state index < -0.39 is 0 Å². The lowest BCUT2D eigenvalue weighted by Gasteiger charge is -2.35. The minimum atomic E-state index is 0.270. The van der Waals surface area contributed by atoms with Crippen molar-refractivity contribution in [1.29, 1.82) is 0 Å². The van der Waals surface area contributed by atoms with Gasteiger partial charge >= 0.3 is 0 Å². The molecule has 0 aliphatic heterocycles. The molecule has 3 aromatic rings. The van der Waals surface area contributed by atoms with Crippen molar-refractivity contribution < 1.29 is 0 Å². The lowest BCUT2D eigenvalue weighted by molar-refractivity contribution is 0.618. The van der Waals surface area contributed by atoms with Gasteiger partial charge < -0.3 is 0 Å². The summed E-state index contributed by atoms with van der Waals surface area (Å²) in [5, 5.41) is 0. The minimum Gasteiger partial charge on any atom is -0.0955 e. The van der Waals surface area contributed by atoms with E-state index in [1.54, 1.807) is 0 Å². The Morgan fingerprint density at radius 2 is 1.49 bits per heavy atom. The smallest absolute Gasteiger partial charge is 0.0201 e. The number of rotatable bonds is 13. The molecule has 2 aliphatic rings. The summed E-state index contributed by atoms with van der Waals surface area (Å²) in [7, 11) is 0. The van der Waals surface area contributed by atoms with Crippen LogP contribution in [-0.4, -0.2) is 0 Å². The van der Waals surface area contributed by atoms with Crippen molar-refractivity contribution in [3.8, 4) is 0 Å². The third kappa shape index (κ3) is 7.49. The molecule has 0 heterocycles. The molecule has 0 bridgehead atoms. The lowest BCUT2D eigenvalue weighted by atomic mass is 9.68. The Kier molecular flexibility index (Phi) is 11.2. The second-order valence-corrected chi connectivity index (χ2v) is 14.0. The topological polar surface area (TPSA) is 0 Å². The molecule has 0 saturated heterocycles. The van der Waals surface area contributed by atoms with Crippen molar-refractivity contribution in [2.75, 3.05) is 0 Å². The van der Waals surface area contributed by atoms with E-state index in [9.17, 15) is 0 Å². The molecule has 0 radical (unpaired) electrons. The van der Waals surface area contributed by atoms with Crippen LogP contribution in [0.3, 0.4) is 0 Å². The van der Waals surface area contributed by atoms with Gasteiger partial charge in [0.15, 0.2) is 0 Å². The molecule has 0 heteroatoms. The van der Waals surface area contributed by atoms with Gasteiger partial charge in [0.2, 0.25) is 0 Å². The summed E-state index contributed by atoms with van der Waals surface area (Å²) in [5.74, 6) is 0.558. The van der Waals surface area contributed by atoms with Crippen molar-refractivity contribution in [3.63, 3.8) is 0 Å². The second kappa shape index (κ2) is 15.3. The van der Waals surface area contributed by atoms with Crippen LogP contribution < -0.4 is 0 Å². The fourth-order valence-electron chi connectivity index (χ4n) is 8.06. The van der Waals surface area contributed by atoms with Crippen molar-refractivity contribution in [2.45, 2.75) is 105 Å². The maximum absolute atomic E-state index is 4.82. The minimum absolute atomic E-state index is 0.270. The molecule has 0 nitrogen and oxygen atoms in total. The Morgan fingerprint density at radius 1 is 0.766 bits per heavy atom. The molecular formula is C47H56. The Labute approximate surface area is 286 Å². The third-order valence-corrected chi connectivity index (χ3v) is 10.6. The summed E-state index contributed by atoms with van der Waals surface area (Å²) in [6, 6.07) is 23.4. The van der Waals surface area contributed by atoms with Crippen LogP contribution in [-0.2, 0) is 32.1 Å². The highest BCUT2D eigenvalue weighted by Crippen LogP contribution is 2.55. The van der Waals surface area contributed by atoms with Gasteiger partial charge in [-0.1, -0.05) is 150 Å². The average molecular weight is 621 g/mol. The molecule has 2 aliphatic carbocycles. The van der Waals surface area contributed by atoms with E-state index >= 15 is 0 Å². The summed E-state index contributed by atoms with van der Waals surface area (Å²) in [4.78, 5) is 0. The molecule has 0 aromatic heterocycles. The monoisotopic (exact) mass is 620 g/mol. The molecule has 0 N–H and O–H groups in total. The van der Waals surface area contributed by atoms with Gasteiger partial charge in [0.1, 0.15) is 0 Å². The zero-order valence-corrected chi connectivity index (χ0v) is 30.1. The first-order valence-electron chi connectivity index (χ1n) is 18.2. The number of hydrogen-bond donors (Lipinski definition) is 0. The summed E-state index contributed by atoms with van der Waals surface area (Å²) in [6.07, 6.45) is 14.5. The first kappa shape index (κ1) is 34.4. The van der Waals surface area contributed by atoms with Crippen LogP contribution in [0.25, 0.3) is 11.6 Å². The second-order valence-electron chi connectivity index (χ2n) is 14.0. The fourth-order valence-corrected chi connectivity index (χ4v) is 8.06. The highest BCUT2D eigenvalue weighted by Gasteiger charge is 2.41. The first-order valence-corrected chi connectivity index (χ1v) is 18.2. The SMILES string of the molecule is C=C(CCC)C1=C(C)C=C2CC(=Cc3ccc(CCc4ccc(C(=C)C)cc4)c(CCC)c3)C(=C)C2C1c1ccc(CC)c(CC)c1. The predicted molar refractivity (Wildman–Crippen MR) is 207 cm³/mol. The normalized spacial score (nSPS) is 18.5. The molecule has 0 amide bonds. The van der Waals surface area contributed by atoms with Gasteiger partial charge in [-0.25, -0.2) is 0 Å².